The van der Waals surface area contributed by atoms with E-state index in [1.54, 1.807) is 6.92 Å². The van der Waals surface area contributed by atoms with Crippen LogP contribution in [0.2, 0.25) is 0 Å². The van der Waals surface area contributed by atoms with Crippen molar-refractivity contribution in [3.63, 3.8) is 0 Å². The predicted octanol–water partition coefficient (Wildman–Crippen LogP) is 1.80. The lowest BCUT2D eigenvalue weighted by molar-refractivity contribution is 0.0934. The normalized spacial score (nSPS) is 21.5. The third kappa shape index (κ3) is 2.90. The molecule has 64 valence electrons. The maximum Gasteiger partial charge on any atom is 0.0655 e. The van der Waals surface area contributed by atoms with Crippen LogP contribution in [0.4, 0.5) is 0 Å². The molecule has 0 saturated carbocycles. The molecule has 4 atom stereocenters. The van der Waals surface area contributed by atoms with Crippen molar-refractivity contribution in [3.8, 4) is 6.07 Å². The Morgan fingerprint density at radius 3 is 1.82 bits per heavy atom. The van der Waals surface area contributed by atoms with Gasteiger partial charge < -0.3 is 5.11 Å². The van der Waals surface area contributed by atoms with E-state index in [0.29, 0.717) is 0 Å². The zero-order valence-electron chi connectivity index (χ0n) is 7.70. The Kier molecular flexibility index (Phi) is 4.14. The molecule has 0 aromatic heterocycles. The Morgan fingerprint density at radius 2 is 1.55 bits per heavy atom. The minimum Gasteiger partial charge on any atom is -0.393 e. The zero-order valence-corrected chi connectivity index (χ0v) is 7.70. The van der Waals surface area contributed by atoms with E-state index in [-0.39, 0.29) is 23.9 Å². The highest BCUT2D eigenvalue weighted by Crippen LogP contribution is 2.22. The van der Waals surface area contributed by atoms with Gasteiger partial charge in [0.15, 0.2) is 0 Å². The molecule has 0 aliphatic rings. The highest BCUT2D eigenvalue weighted by molar-refractivity contribution is 4.85. The van der Waals surface area contributed by atoms with Crippen molar-refractivity contribution in [1.29, 1.82) is 5.26 Å². The van der Waals surface area contributed by atoms with E-state index < -0.39 is 0 Å². The lowest BCUT2D eigenvalue weighted by Crippen LogP contribution is -2.24. The van der Waals surface area contributed by atoms with E-state index >= 15 is 0 Å². The van der Waals surface area contributed by atoms with Gasteiger partial charge in [0.2, 0.25) is 0 Å². The molecule has 0 radical (unpaired) electrons. The van der Waals surface area contributed by atoms with E-state index in [0.717, 1.165) is 0 Å². The molecule has 0 aromatic rings. The average molecular weight is 155 g/mol. The van der Waals surface area contributed by atoms with E-state index in [2.05, 4.69) is 6.07 Å². The van der Waals surface area contributed by atoms with Gasteiger partial charge in [-0.05, 0) is 25.7 Å². The van der Waals surface area contributed by atoms with Crippen LogP contribution >= 0.6 is 0 Å². The van der Waals surface area contributed by atoms with Gasteiger partial charge in [-0.25, -0.2) is 0 Å². The fourth-order valence-electron chi connectivity index (χ4n) is 1.01. The fourth-order valence-corrected chi connectivity index (χ4v) is 1.01. The summed E-state index contributed by atoms with van der Waals surface area (Å²) in [5, 5.41) is 17.8. The van der Waals surface area contributed by atoms with Gasteiger partial charge >= 0.3 is 0 Å². The van der Waals surface area contributed by atoms with Gasteiger partial charge in [0.25, 0.3) is 0 Å². The Hall–Kier alpha value is -0.550. The number of aliphatic hydroxyl groups is 1. The molecule has 1 N–H and O–H groups in total. The van der Waals surface area contributed by atoms with Crippen LogP contribution in [0.1, 0.15) is 27.7 Å². The number of nitriles is 1. The first-order valence-corrected chi connectivity index (χ1v) is 4.08. The Labute approximate surface area is 68.8 Å². The summed E-state index contributed by atoms with van der Waals surface area (Å²) in [7, 11) is 0. The Bertz CT molecular complexity index is 148. The Morgan fingerprint density at radius 1 is 1.09 bits per heavy atom. The highest BCUT2D eigenvalue weighted by atomic mass is 16.3. The summed E-state index contributed by atoms with van der Waals surface area (Å²) in [5.41, 5.74) is 0. The summed E-state index contributed by atoms with van der Waals surface area (Å²) in [4.78, 5) is 0. The predicted molar refractivity (Wildman–Crippen MR) is 44.8 cm³/mol. The van der Waals surface area contributed by atoms with E-state index in [4.69, 9.17) is 5.26 Å². The van der Waals surface area contributed by atoms with Crippen molar-refractivity contribution in [2.45, 2.75) is 33.8 Å². The second kappa shape index (κ2) is 4.35. The number of rotatable bonds is 3. The summed E-state index contributed by atoms with van der Waals surface area (Å²) >= 11 is 0. The van der Waals surface area contributed by atoms with Crippen molar-refractivity contribution < 1.29 is 5.11 Å². The molecule has 0 spiro atoms. The van der Waals surface area contributed by atoms with Crippen LogP contribution < -0.4 is 0 Å². The summed E-state index contributed by atoms with van der Waals surface area (Å²) in [6.45, 7) is 7.64. The zero-order chi connectivity index (χ0) is 9.02. The monoisotopic (exact) mass is 155 g/mol. The number of hydrogen-bond acceptors (Lipinski definition) is 2. The van der Waals surface area contributed by atoms with Gasteiger partial charge in [-0.1, -0.05) is 13.8 Å². The largest absolute Gasteiger partial charge is 0.393 e. The molecule has 0 aliphatic carbocycles. The molecule has 0 rings (SSSR count). The first-order valence-electron chi connectivity index (χ1n) is 4.08. The summed E-state index contributed by atoms with van der Waals surface area (Å²) in [5.74, 6) is 0.490. The first-order chi connectivity index (χ1) is 5.00. The lowest BCUT2D eigenvalue weighted by atomic mass is 9.83. The molecule has 0 amide bonds. The van der Waals surface area contributed by atoms with Crippen molar-refractivity contribution >= 4 is 0 Å². The molecule has 0 aromatic carbocycles. The highest BCUT2D eigenvalue weighted by Gasteiger charge is 2.21. The van der Waals surface area contributed by atoms with Crippen LogP contribution in [0.25, 0.3) is 0 Å². The second-order valence-corrected chi connectivity index (χ2v) is 3.38. The maximum atomic E-state index is 9.23. The first kappa shape index (κ1) is 10.4. The third-order valence-electron chi connectivity index (χ3n) is 2.58. The van der Waals surface area contributed by atoms with E-state index in [1.807, 2.05) is 20.8 Å². The number of aliphatic hydroxyl groups excluding tert-OH is 1. The van der Waals surface area contributed by atoms with Crippen molar-refractivity contribution in [2.24, 2.45) is 17.8 Å². The van der Waals surface area contributed by atoms with Crippen LogP contribution in [-0.2, 0) is 0 Å². The molecular formula is C9H17NO. The van der Waals surface area contributed by atoms with Crippen LogP contribution in [0, 0.1) is 29.1 Å². The Balaban J connectivity index is 4.03. The van der Waals surface area contributed by atoms with E-state index in [1.165, 1.54) is 0 Å². The van der Waals surface area contributed by atoms with Crippen LogP contribution in [-0.4, -0.2) is 11.2 Å². The van der Waals surface area contributed by atoms with Gasteiger partial charge in [-0.15, -0.1) is 0 Å². The van der Waals surface area contributed by atoms with Crippen molar-refractivity contribution in [1.82, 2.24) is 0 Å². The molecule has 0 saturated heterocycles. The van der Waals surface area contributed by atoms with Gasteiger partial charge in [0.05, 0.1) is 12.2 Å². The smallest absolute Gasteiger partial charge is 0.0655 e. The lowest BCUT2D eigenvalue weighted by Gasteiger charge is -2.23. The third-order valence-corrected chi connectivity index (χ3v) is 2.58. The van der Waals surface area contributed by atoms with Gasteiger partial charge in [-0.3, -0.25) is 0 Å². The summed E-state index contributed by atoms with van der Waals surface area (Å²) in [6, 6.07) is 2.19. The summed E-state index contributed by atoms with van der Waals surface area (Å²) < 4.78 is 0. The van der Waals surface area contributed by atoms with Crippen LogP contribution in [0.5, 0.6) is 0 Å². The number of hydrogen-bond donors (Lipinski definition) is 1. The average Bonchev–Trinajstić information content (AvgIpc) is 2.00. The fraction of sp³-hybridized carbons (Fsp3) is 0.889. The molecule has 11 heavy (non-hydrogen) atoms. The SMILES string of the molecule is CC(O)[C@H](C)[C@@H](C)[C@@H](C)C#N. The van der Waals surface area contributed by atoms with Crippen molar-refractivity contribution in [2.75, 3.05) is 0 Å². The minimum absolute atomic E-state index is 0.0274. The number of nitrogens with zero attached hydrogens (tertiary/aromatic N) is 1. The van der Waals surface area contributed by atoms with Crippen molar-refractivity contribution in [3.05, 3.63) is 0 Å². The van der Waals surface area contributed by atoms with Gasteiger partial charge in [0.1, 0.15) is 0 Å². The second-order valence-electron chi connectivity index (χ2n) is 3.38. The molecule has 0 aliphatic heterocycles. The maximum absolute atomic E-state index is 9.23. The van der Waals surface area contributed by atoms with Gasteiger partial charge in [-0.2, -0.15) is 5.26 Å². The topological polar surface area (TPSA) is 44.0 Å². The molecule has 0 heterocycles. The molecule has 2 heteroatoms. The van der Waals surface area contributed by atoms with Crippen LogP contribution in [0.3, 0.4) is 0 Å². The molecule has 0 fully saturated rings. The summed E-state index contributed by atoms with van der Waals surface area (Å²) in [6.07, 6.45) is -0.319. The molecule has 2 nitrogen and oxygen atoms in total. The molecular weight excluding hydrogens is 138 g/mol. The minimum atomic E-state index is -0.319. The molecule has 1 unspecified atom stereocenters. The van der Waals surface area contributed by atoms with Gasteiger partial charge in [0, 0.05) is 5.92 Å². The van der Waals surface area contributed by atoms with Crippen LogP contribution in [0.15, 0.2) is 0 Å². The van der Waals surface area contributed by atoms with E-state index in [9.17, 15) is 5.11 Å². The molecule has 0 bridgehead atoms. The standard InChI is InChI=1S/C9H17NO/c1-6(5-10)7(2)8(3)9(4)11/h6-9,11H,1-4H3/t6-,7-,8+,9?/m0/s1. The quantitative estimate of drug-likeness (QED) is 0.675.